The van der Waals surface area contributed by atoms with Gasteiger partial charge in [-0.3, -0.25) is 0 Å². The van der Waals surface area contributed by atoms with Crippen LogP contribution in [0.1, 0.15) is 47.0 Å². The summed E-state index contributed by atoms with van der Waals surface area (Å²) in [7, 11) is 0. The fourth-order valence-electron chi connectivity index (χ4n) is 2.01. The molecule has 1 aliphatic rings. The van der Waals surface area contributed by atoms with Crippen LogP contribution >= 0.6 is 0 Å². The van der Waals surface area contributed by atoms with E-state index in [-0.39, 0.29) is 12.1 Å². The number of carbonyl (C=O) groups excluding carboxylic acids is 1. The topological polar surface area (TPSA) is 49.8 Å². The summed E-state index contributed by atoms with van der Waals surface area (Å²) in [6.07, 6.45) is 1.75. The number of aliphatic hydroxyl groups excluding tert-OH is 1. The zero-order valence-electron chi connectivity index (χ0n) is 10.7. The molecule has 0 bridgehead atoms. The molecule has 0 radical (unpaired) electrons. The van der Waals surface area contributed by atoms with E-state index in [0.717, 1.165) is 12.8 Å². The van der Waals surface area contributed by atoms with Gasteiger partial charge >= 0.3 is 6.09 Å². The molecule has 1 rings (SSSR count). The van der Waals surface area contributed by atoms with Crippen LogP contribution in [0, 0.1) is 0 Å². The Morgan fingerprint density at radius 2 is 2.19 bits per heavy atom. The number of hydrogen-bond acceptors (Lipinski definition) is 3. The Hall–Kier alpha value is -0.770. The molecule has 1 fully saturated rings. The van der Waals surface area contributed by atoms with E-state index in [0.29, 0.717) is 13.0 Å². The summed E-state index contributed by atoms with van der Waals surface area (Å²) in [5.74, 6) is 0. The molecule has 1 aliphatic heterocycles. The van der Waals surface area contributed by atoms with Gasteiger partial charge in [0.1, 0.15) is 5.60 Å². The summed E-state index contributed by atoms with van der Waals surface area (Å²) in [5.41, 5.74) is -0.471. The number of likely N-dealkylation sites (tertiary alicyclic amines) is 1. The highest BCUT2D eigenvalue weighted by molar-refractivity contribution is 5.69. The van der Waals surface area contributed by atoms with Crippen molar-refractivity contribution in [2.24, 2.45) is 0 Å². The van der Waals surface area contributed by atoms with Gasteiger partial charge in [0.25, 0.3) is 0 Å². The summed E-state index contributed by atoms with van der Waals surface area (Å²) < 4.78 is 5.32. The lowest BCUT2D eigenvalue weighted by molar-refractivity contribution is 0.00475. The quantitative estimate of drug-likeness (QED) is 0.789. The number of amides is 1. The van der Waals surface area contributed by atoms with Crippen LogP contribution in [0.25, 0.3) is 0 Å². The highest BCUT2D eigenvalue weighted by Crippen LogP contribution is 2.24. The molecule has 1 saturated heterocycles. The van der Waals surface area contributed by atoms with Crippen molar-refractivity contribution in [3.05, 3.63) is 0 Å². The predicted molar refractivity (Wildman–Crippen MR) is 62.3 cm³/mol. The highest BCUT2D eigenvalue weighted by Gasteiger charge is 2.35. The molecule has 0 aromatic heterocycles. The fourth-order valence-corrected chi connectivity index (χ4v) is 2.01. The summed E-state index contributed by atoms with van der Waals surface area (Å²) in [6, 6.07) is -0.0696. The lowest BCUT2D eigenvalue weighted by Gasteiger charge is -2.30. The number of rotatable bonds is 2. The van der Waals surface area contributed by atoms with E-state index in [1.54, 1.807) is 4.90 Å². The first-order valence-corrected chi connectivity index (χ1v) is 6.03. The van der Waals surface area contributed by atoms with Gasteiger partial charge in [-0.25, -0.2) is 4.79 Å². The van der Waals surface area contributed by atoms with Crippen LogP contribution in [0.15, 0.2) is 0 Å². The van der Waals surface area contributed by atoms with E-state index in [9.17, 15) is 9.90 Å². The molecule has 0 aromatic rings. The van der Waals surface area contributed by atoms with Crippen LogP contribution in [0.2, 0.25) is 0 Å². The van der Waals surface area contributed by atoms with Crippen LogP contribution in [0.3, 0.4) is 0 Å². The van der Waals surface area contributed by atoms with Crippen molar-refractivity contribution in [1.29, 1.82) is 0 Å². The maximum Gasteiger partial charge on any atom is 0.410 e. The number of carbonyl (C=O) groups is 1. The van der Waals surface area contributed by atoms with E-state index in [1.807, 2.05) is 27.7 Å². The molecule has 0 aliphatic carbocycles. The smallest absolute Gasteiger partial charge is 0.410 e. The van der Waals surface area contributed by atoms with E-state index >= 15 is 0 Å². The van der Waals surface area contributed by atoms with Gasteiger partial charge in [0.2, 0.25) is 0 Å². The van der Waals surface area contributed by atoms with Gasteiger partial charge < -0.3 is 14.7 Å². The van der Waals surface area contributed by atoms with E-state index in [2.05, 4.69) is 0 Å². The maximum absolute atomic E-state index is 11.9. The van der Waals surface area contributed by atoms with Crippen LogP contribution in [-0.2, 0) is 4.74 Å². The summed E-state index contributed by atoms with van der Waals surface area (Å²) in [6.45, 7) is 8.18. The summed E-state index contributed by atoms with van der Waals surface area (Å²) in [5, 5.41) is 9.83. The van der Waals surface area contributed by atoms with Crippen LogP contribution in [0.5, 0.6) is 0 Å². The third kappa shape index (κ3) is 3.37. The molecular formula is C12H23NO3. The fraction of sp³-hybridized carbons (Fsp3) is 0.917. The number of hydrogen-bond donors (Lipinski definition) is 1. The first-order chi connectivity index (χ1) is 7.35. The minimum absolute atomic E-state index is 0.0696. The second-order valence-corrected chi connectivity index (χ2v) is 5.36. The zero-order valence-corrected chi connectivity index (χ0v) is 10.7. The molecule has 4 heteroatoms. The molecule has 0 aromatic carbocycles. The molecular weight excluding hydrogens is 206 g/mol. The van der Waals surface area contributed by atoms with E-state index in [4.69, 9.17) is 4.74 Å². The van der Waals surface area contributed by atoms with Crippen LogP contribution in [0.4, 0.5) is 4.79 Å². The molecule has 1 heterocycles. The van der Waals surface area contributed by atoms with Gasteiger partial charge in [-0.05, 0) is 40.0 Å². The van der Waals surface area contributed by atoms with Crippen LogP contribution < -0.4 is 0 Å². The Labute approximate surface area is 97.6 Å². The van der Waals surface area contributed by atoms with Gasteiger partial charge in [-0.2, -0.15) is 0 Å². The third-order valence-electron chi connectivity index (χ3n) is 2.79. The maximum atomic E-state index is 11.9. The van der Waals surface area contributed by atoms with Crippen molar-refractivity contribution in [3.8, 4) is 0 Å². The summed E-state index contributed by atoms with van der Waals surface area (Å²) in [4.78, 5) is 13.6. The molecule has 2 atom stereocenters. The molecule has 4 nitrogen and oxygen atoms in total. The van der Waals surface area contributed by atoms with E-state index in [1.165, 1.54) is 0 Å². The molecule has 1 unspecified atom stereocenters. The Morgan fingerprint density at radius 1 is 1.56 bits per heavy atom. The van der Waals surface area contributed by atoms with Gasteiger partial charge in [-0.1, -0.05) is 6.92 Å². The van der Waals surface area contributed by atoms with Gasteiger partial charge in [0, 0.05) is 6.54 Å². The van der Waals surface area contributed by atoms with Crippen molar-refractivity contribution >= 4 is 6.09 Å². The molecule has 1 amide bonds. The molecule has 0 saturated carbocycles. The Balaban J connectivity index is 2.61. The number of nitrogens with zero attached hydrogens (tertiary/aromatic N) is 1. The summed E-state index contributed by atoms with van der Waals surface area (Å²) >= 11 is 0. The van der Waals surface area contributed by atoms with Gasteiger partial charge in [0.05, 0.1) is 12.1 Å². The minimum atomic E-state index is -0.471. The minimum Gasteiger partial charge on any atom is -0.444 e. The average Bonchev–Trinajstić information content (AvgIpc) is 2.62. The second-order valence-electron chi connectivity index (χ2n) is 5.36. The van der Waals surface area contributed by atoms with Gasteiger partial charge in [-0.15, -0.1) is 0 Å². The molecule has 1 N–H and O–H groups in total. The van der Waals surface area contributed by atoms with Crippen molar-refractivity contribution in [2.75, 3.05) is 6.54 Å². The van der Waals surface area contributed by atoms with Crippen molar-refractivity contribution in [2.45, 2.75) is 64.7 Å². The molecule has 16 heavy (non-hydrogen) atoms. The molecule has 94 valence electrons. The first-order valence-electron chi connectivity index (χ1n) is 6.03. The molecule has 0 spiro atoms. The van der Waals surface area contributed by atoms with Gasteiger partial charge in [0.15, 0.2) is 0 Å². The second kappa shape index (κ2) is 5.04. The largest absolute Gasteiger partial charge is 0.444 e. The number of ether oxygens (including phenoxy) is 1. The lowest BCUT2D eigenvalue weighted by Crippen LogP contribution is -2.44. The Bertz CT molecular complexity index is 247. The monoisotopic (exact) mass is 229 g/mol. The average molecular weight is 229 g/mol. The standard InChI is InChI=1S/C12H23NO3/c1-5-10(14)9-7-6-8-13(9)11(15)16-12(2,3)4/h9-10,14H,5-8H2,1-4H3/t9-,10?/m0/s1. The zero-order chi connectivity index (χ0) is 12.3. The van der Waals surface area contributed by atoms with E-state index < -0.39 is 11.7 Å². The third-order valence-corrected chi connectivity index (χ3v) is 2.79. The number of aliphatic hydroxyl groups is 1. The Morgan fingerprint density at radius 3 is 2.69 bits per heavy atom. The van der Waals surface area contributed by atoms with Crippen molar-refractivity contribution < 1.29 is 14.6 Å². The SMILES string of the molecule is CCC(O)[C@@H]1CCCN1C(=O)OC(C)(C)C. The predicted octanol–water partition coefficient (Wildman–Crippen LogP) is 2.16. The van der Waals surface area contributed by atoms with Crippen molar-refractivity contribution in [1.82, 2.24) is 4.90 Å². The normalized spacial score (nSPS) is 23.3. The highest BCUT2D eigenvalue weighted by atomic mass is 16.6. The first kappa shape index (κ1) is 13.3. The Kier molecular flexibility index (Phi) is 4.19. The van der Waals surface area contributed by atoms with Crippen molar-refractivity contribution in [3.63, 3.8) is 0 Å². The van der Waals surface area contributed by atoms with Crippen LogP contribution in [-0.4, -0.2) is 40.4 Å². The lowest BCUT2D eigenvalue weighted by atomic mass is 10.1.